The van der Waals surface area contributed by atoms with Gasteiger partial charge >= 0.3 is 0 Å². The number of carbonyl (C=O) groups excluding carboxylic acids is 1. The smallest absolute Gasteiger partial charge is 0.124 e. The SMILES string of the molecule is Cc1cnc2ccc(CC=O)cc2c1. The van der Waals surface area contributed by atoms with Gasteiger partial charge in [-0.1, -0.05) is 6.07 Å². The summed E-state index contributed by atoms with van der Waals surface area (Å²) in [4.78, 5) is 14.7. The molecule has 0 radical (unpaired) electrons. The molecule has 2 nitrogen and oxygen atoms in total. The number of rotatable bonds is 2. The molecule has 0 spiro atoms. The molecule has 2 aromatic rings. The summed E-state index contributed by atoms with van der Waals surface area (Å²) in [5.41, 5.74) is 3.16. The van der Waals surface area contributed by atoms with Gasteiger partial charge in [0.25, 0.3) is 0 Å². The Hall–Kier alpha value is -1.70. The van der Waals surface area contributed by atoms with Crippen LogP contribution in [0.2, 0.25) is 0 Å². The van der Waals surface area contributed by atoms with Crippen molar-refractivity contribution < 1.29 is 4.79 Å². The van der Waals surface area contributed by atoms with E-state index >= 15 is 0 Å². The summed E-state index contributed by atoms with van der Waals surface area (Å²) in [6.45, 7) is 2.01. The maximum Gasteiger partial charge on any atom is 0.124 e. The summed E-state index contributed by atoms with van der Waals surface area (Å²) in [6.07, 6.45) is 3.25. The number of hydrogen-bond acceptors (Lipinski definition) is 2. The maximum absolute atomic E-state index is 10.4. The molecule has 2 rings (SSSR count). The van der Waals surface area contributed by atoms with E-state index in [2.05, 4.69) is 11.1 Å². The zero-order valence-corrected chi connectivity index (χ0v) is 8.03. The summed E-state index contributed by atoms with van der Waals surface area (Å²) < 4.78 is 0. The van der Waals surface area contributed by atoms with Crippen molar-refractivity contribution in [2.24, 2.45) is 0 Å². The Bertz CT molecular complexity index is 477. The van der Waals surface area contributed by atoms with Gasteiger partial charge in [0.15, 0.2) is 0 Å². The Labute approximate surface area is 82.6 Å². The van der Waals surface area contributed by atoms with Crippen LogP contribution in [0.5, 0.6) is 0 Å². The highest BCUT2D eigenvalue weighted by atomic mass is 16.1. The third kappa shape index (κ3) is 1.64. The average molecular weight is 185 g/mol. The number of aromatic nitrogens is 1. The first kappa shape index (κ1) is 8.88. The van der Waals surface area contributed by atoms with Crippen molar-refractivity contribution in [3.63, 3.8) is 0 Å². The van der Waals surface area contributed by atoms with Gasteiger partial charge < -0.3 is 4.79 Å². The van der Waals surface area contributed by atoms with Gasteiger partial charge in [0, 0.05) is 18.0 Å². The average Bonchev–Trinajstić information content (AvgIpc) is 2.17. The van der Waals surface area contributed by atoms with E-state index < -0.39 is 0 Å². The Morgan fingerprint density at radius 2 is 2.21 bits per heavy atom. The molecule has 0 aliphatic rings. The van der Waals surface area contributed by atoms with Crippen LogP contribution < -0.4 is 0 Å². The lowest BCUT2D eigenvalue weighted by molar-refractivity contribution is -0.107. The third-order valence-corrected chi connectivity index (χ3v) is 2.20. The van der Waals surface area contributed by atoms with Crippen LogP contribution in [-0.4, -0.2) is 11.3 Å². The minimum atomic E-state index is 0.476. The van der Waals surface area contributed by atoms with Gasteiger partial charge in [-0.15, -0.1) is 0 Å². The standard InChI is InChI=1S/C12H11NO/c1-9-6-11-7-10(4-5-14)2-3-12(11)13-8-9/h2-3,5-8H,4H2,1H3. The van der Waals surface area contributed by atoms with E-state index in [1.54, 1.807) is 0 Å². The first-order chi connectivity index (χ1) is 6.79. The van der Waals surface area contributed by atoms with Crippen LogP contribution in [-0.2, 0) is 11.2 Å². The highest BCUT2D eigenvalue weighted by Crippen LogP contribution is 2.15. The van der Waals surface area contributed by atoms with Crippen molar-refractivity contribution in [2.45, 2.75) is 13.3 Å². The molecule has 0 saturated heterocycles. The molecule has 0 bridgehead atoms. The van der Waals surface area contributed by atoms with Crippen molar-refractivity contribution in [1.29, 1.82) is 0 Å². The number of hydrogen-bond donors (Lipinski definition) is 0. The van der Waals surface area contributed by atoms with Crippen molar-refractivity contribution in [1.82, 2.24) is 4.98 Å². The number of nitrogens with zero attached hydrogens (tertiary/aromatic N) is 1. The Morgan fingerprint density at radius 1 is 1.36 bits per heavy atom. The van der Waals surface area contributed by atoms with Gasteiger partial charge in [-0.2, -0.15) is 0 Å². The summed E-state index contributed by atoms with van der Waals surface area (Å²) in [7, 11) is 0. The molecule has 0 aliphatic carbocycles. The molecule has 0 unspecified atom stereocenters. The minimum Gasteiger partial charge on any atom is -0.303 e. The molecule has 1 aromatic heterocycles. The molecule has 0 saturated carbocycles. The molecule has 70 valence electrons. The topological polar surface area (TPSA) is 30.0 Å². The van der Waals surface area contributed by atoms with Crippen LogP contribution in [0.4, 0.5) is 0 Å². The zero-order chi connectivity index (χ0) is 9.97. The van der Waals surface area contributed by atoms with E-state index in [4.69, 9.17) is 0 Å². The van der Waals surface area contributed by atoms with Crippen LogP contribution in [0.1, 0.15) is 11.1 Å². The molecule has 0 N–H and O–H groups in total. The maximum atomic E-state index is 10.4. The van der Waals surface area contributed by atoms with E-state index in [1.807, 2.05) is 31.3 Å². The number of fused-ring (bicyclic) bond motifs is 1. The second-order valence-corrected chi connectivity index (χ2v) is 3.41. The summed E-state index contributed by atoms with van der Waals surface area (Å²) in [5, 5.41) is 1.10. The van der Waals surface area contributed by atoms with Crippen molar-refractivity contribution in [3.8, 4) is 0 Å². The van der Waals surface area contributed by atoms with Crippen LogP contribution in [0.15, 0.2) is 30.5 Å². The molecule has 1 aromatic carbocycles. The van der Waals surface area contributed by atoms with Crippen LogP contribution >= 0.6 is 0 Å². The zero-order valence-electron chi connectivity index (χ0n) is 8.03. The molecule has 0 atom stereocenters. The molecule has 14 heavy (non-hydrogen) atoms. The monoisotopic (exact) mass is 185 g/mol. The van der Waals surface area contributed by atoms with E-state index in [-0.39, 0.29) is 0 Å². The van der Waals surface area contributed by atoms with Crippen LogP contribution in [0.3, 0.4) is 0 Å². The first-order valence-corrected chi connectivity index (χ1v) is 4.58. The molecular weight excluding hydrogens is 174 g/mol. The Morgan fingerprint density at radius 3 is 3.00 bits per heavy atom. The minimum absolute atomic E-state index is 0.476. The molecular formula is C12H11NO. The van der Waals surface area contributed by atoms with Crippen molar-refractivity contribution in [2.75, 3.05) is 0 Å². The molecule has 0 fully saturated rings. The van der Waals surface area contributed by atoms with Crippen LogP contribution in [0.25, 0.3) is 10.9 Å². The predicted octanol–water partition coefficient (Wildman–Crippen LogP) is 2.28. The fraction of sp³-hybridized carbons (Fsp3) is 0.167. The van der Waals surface area contributed by atoms with Gasteiger partial charge in [0.2, 0.25) is 0 Å². The summed E-state index contributed by atoms with van der Waals surface area (Å²) in [5.74, 6) is 0. The number of benzene rings is 1. The lowest BCUT2D eigenvalue weighted by Crippen LogP contribution is -1.87. The quantitative estimate of drug-likeness (QED) is 0.672. The summed E-state index contributed by atoms with van der Waals surface area (Å²) >= 11 is 0. The molecule has 0 aliphatic heterocycles. The predicted molar refractivity (Wildman–Crippen MR) is 56.2 cm³/mol. The molecule has 2 heteroatoms. The lowest BCUT2D eigenvalue weighted by Gasteiger charge is -2.00. The van der Waals surface area contributed by atoms with Crippen molar-refractivity contribution in [3.05, 3.63) is 41.6 Å². The van der Waals surface area contributed by atoms with E-state index in [9.17, 15) is 4.79 Å². The van der Waals surface area contributed by atoms with Gasteiger partial charge in [0.05, 0.1) is 5.52 Å². The normalized spacial score (nSPS) is 10.4. The van der Waals surface area contributed by atoms with E-state index in [1.165, 1.54) is 0 Å². The fourth-order valence-corrected chi connectivity index (χ4v) is 1.51. The Kier molecular flexibility index (Phi) is 2.27. The second-order valence-electron chi connectivity index (χ2n) is 3.41. The van der Waals surface area contributed by atoms with Gasteiger partial charge in [0.1, 0.15) is 6.29 Å². The number of carbonyl (C=O) groups is 1. The molecule has 1 heterocycles. The Balaban J connectivity index is 2.57. The number of pyridine rings is 1. The lowest BCUT2D eigenvalue weighted by atomic mass is 10.1. The van der Waals surface area contributed by atoms with Crippen LogP contribution in [0, 0.1) is 6.92 Å². The fourth-order valence-electron chi connectivity index (χ4n) is 1.51. The third-order valence-electron chi connectivity index (χ3n) is 2.20. The highest BCUT2D eigenvalue weighted by Gasteiger charge is 1.97. The number of aryl methyl sites for hydroxylation is 1. The highest BCUT2D eigenvalue weighted by molar-refractivity contribution is 5.80. The van der Waals surface area contributed by atoms with Gasteiger partial charge in [-0.25, -0.2) is 0 Å². The van der Waals surface area contributed by atoms with E-state index in [0.717, 1.165) is 28.3 Å². The molecule has 0 amide bonds. The second kappa shape index (κ2) is 3.58. The van der Waals surface area contributed by atoms with Crippen molar-refractivity contribution >= 4 is 17.2 Å². The van der Waals surface area contributed by atoms with Gasteiger partial charge in [-0.05, 0) is 36.2 Å². The largest absolute Gasteiger partial charge is 0.303 e. The number of aldehydes is 1. The summed E-state index contributed by atoms with van der Waals surface area (Å²) in [6, 6.07) is 7.99. The van der Waals surface area contributed by atoms with E-state index in [0.29, 0.717) is 6.42 Å². The van der Waals surface area contributed by atoms with Gasteiger partial charge in [-0.3, -0.25) is 4.98 Å². The first-order valence-electron chi connectivity index (χ1n) is 4.58.